The van der Waals surface area contributed by atoms with E-state index in [1.807, 2.05) is 0 Å². The van der Waals surface area contributed by atoms with Gasteiger partial charge < -0.3 is 19.9 Å². The van der Waals surface area contributed by atoms with Gasteiger partial charge in [-0.1, -0.05) is 0 Å². The summed E-state index contributed by atoms with van der Waals surface area (Å²) in [6.07, 6.45) is -0.0356. The molecule has 0 aliphatic rings. The van der Waals surface area contributed by atoms with Gasteiger partial charge in [0.05, 0.1) is 5.52 Å². The van der Waals surface area contributed by atoms with E-state index in [0.717, 1.165) is 18.2 Å². The van der Waals surface area contributed by atoms with Gasteiger partial charge >= 0.3 is 11.9 Å². The Bertz CT molecular complexity index is 914. The highest BCUT2D eigenvalue weighted by Crippen LogP contribution is 2.15. The number of rotatable bonds is 5. The predicted molar refractivity (Wildman–Crippen MR) is 80.0 cm³/mol. The summed E-state index contributed by atoms with van der Waals surface area (Å²) in [6.45, 7) is 0.0314. The van der Waals surface area contributed by atoms with Gasteiger partial charge in [-0.05, 0) is 18.6 Å². The first-order valence-corrected chi connectivity index (χ1v) is 6.67. The van der Waals surface area contributed by atoms with Gasteiger partial charge in [0.15, 0.2) is 11.2 Å². The van der Waals surface area contributed by atoms with Crippen LogP contribution < -0.4 is 10.9 Å². The molecule has 1 aromatic heterocycles. The van der Waals surface area contributed by atoms with Crippen molar-refractivity contribution in [3.63, 3.8) is 0 Å². The number of hydrogen-bond donors (Lipinski definition) is 3. The largest absolute Gasteiger partial charge is 0.504 e. The molecule has 0 bridgehead atoms. The Morgan fingerprint density at radius 1 is 1.04 bits per heavy atom. The topological polar surface area (TPSA) is 134 Å². The summed E-state index contributed by atoms with van der Waals surface area (Å²) in [4.78, 5) is 45.6. The lowest BCUT2D eigenvalue weighted by Crippen LogP contribution is -2.18. The van der Waals surface area contributed by atoms with Crippen LogP contribution in [0.3, 0.4) is 0 Å². The Hall–Kier alpha value is -3.16. The molecule has 23 heavy (non-hydrogen) atoms. The molecule has 1 heterocycles. The Labute approximate surface area is 128 Å². The molecule has 2 rings (SSSR count). The van der Waals surface area contributed by atoms with Crippen LogP contribution in [0.5, 0.6) is 5.75 Å². The number of hydrogen-bond acceptors (Lipinski definition) is 5. The number of aliphatic carboxylic acids is 1. The monoisotopic (exact) mass is 319 g/mol. The summed E-state index contributed by atoms with van der Waals surface area (Å²) in [5, 5.41) is 27.4. The van der Waals surface area contributed by atoms with Crippen molar-refractivity contribution >= 4 is 22.8 Å². The molecule has 0 saturated carbocycles. The van der Waals surface area contributed by atoms with Crippen molar-refractivity contribution in [3.05, 3.63) is 50.4 Å². The third kappa shape index (κ3) is 3.37. The minimum absolute atomic E-state index is 0.0314. The molecule has 0 amide bonds. The lowest BCUT2D eigenvalue weighted by atomic mass is 10.2. The van der Waals surface area contributed by atoms with Crippen LogP contribution in [-0.4, -0.2) is 31.8 Å². The number of carbonyl (C=O) groups is 2. The molecule has 0 radical (unpaired) electrons. The second-order valence-electron chi connectivity index (χ2n) is 4.87. The van der Waals surface area contributed by atoms with Gasteiger partial charge in [0.25, 0.3) is 0 Å². The van der Waals surface area contributed by atoms with Gasteiger partial charge in [-0.15, -0.1) is 0 Å². The molecule has 0 fully saturated rings. The normalized spacial score (nSPS) is 10.6. The molecule has 0 aliphatic heterocycles. The van der Waals surface area contributed by atoms with Crippen LogP contribution in [0, 0.1) is 0 Å². The van der Waals surface area contributed by atoms with Gasteiger partial charge in [0.2, 0.25) is 5.43 Å². The summed E-state index contributed by atoms with van der Waals surface area (Å²) in [7, 11) is 0. The van der Waals surface area contributed by atoms with E-state index in [1.54, 1.807) is 0 Å². The third-order valence-corrected chi connectivity index (χ3v) is 3.31. The molecule has 0 unspecified atom stereocenters. The summed E-state index contributed by atoms with van der Waals surface area (Å²) in [5.41, 5.74) is -1.61. The number of aryl methyl sites for hydroxylation is 1. The van der Waals surface area contributed by atoms with Crippen molar-refractivity contribution in [2.75, 3.05) is 0 Å². The second kappa shape index (κ2) is 6.30. The molecule has 8 nitrogen and oxygen atoms in total. The number of aromatic carboxylic acids is 1. The minimum Gasteiger partial charge on any atom is -0.504 e. The lowest BCUT2D eigenvalue weighted by Gasteiger charge is -2.12. The molecular weight excluding hydrogens is 306 g/mol. The SMILES string of the molecule is O=C(O)CCCn1c(C(=O)O)cc(=O)c2cc(=O)c(O)ccc21. The maximum absolute atomic E-state index is 12.0. The van der Waals surface area contributed by atoms with Gasteiger partial charge in [0.1, 0.15) is 5.69 Å². The summed E-state index contributed by atoms with van der Waals surface area (Å²) in [6, 6.07) is 4.15. The average molecular weight is 319 g/mol. The van der Waals surface area contributed by atoms with E-state index < -0.39 is 28.5 Å². The number of carboxylic acids is 2. The molecule has 2 aromatic rings. The zero-order valence-electron chi connectivity index (χ0n) is 11.9. The highest BCUT2D eigenvalue weighted by atomic mass is 16.4. The van der Waals surface area contributed by atoms with Crippen molar-refractivity contribution < 1.29 is 24.9 Å². The zero-order valence-corrected chi connectivity index (χ0v) is 11.9. The molecule has 8 heteroatoms. The fraction of sp³-hybridized carbons (Fsp3) is 0.200. The Morgan fingerprint density at radius 2 is 1.74 bits per heavy atom. The molecular formula is C15H13NO7. The maximum Gasteiger partial charge on any atom is 0.352 e. The first kappa shape index (κ1) is 16.2. The average Bonchev–Trinajstić information content (AvgIpc) is 2.61. The first-order chi connectivity index (χ1) is 10.8. The lowest BCUT2D eigenvalue weighted by molar-refractivity contribution is -0.137. The molecule has 1 aromatic carbocycles. The Balaban J connectivity index is 2.76. The van der Waals surface area contributed by atoms with E-state index in [1.165, 1.54) is 10.6 Å². The molecule has 0 saturated heterocycles. The zero-order chi connectivity index (χ0) is 17.1. The van der Waals surface area contributed by atoms with E-state index in [2.05, 4.69) is 0 Å². The molecule has 0 aliphatic carbocycles. The summed E-state index contributed by atoms with van der Waals surface area (Å²) in [5.74, 6) is -2.95. The van der Waals surface area contributed by atoms with Crippen LogP contribution in [0.2, 0.25) is 0 Å². The smallest absolute Gasteiger partial charge is 0.352 e. The summed E-state index contributed by atoms with van der Waals surface area (Å²) >= 11 is 0. The quantitative estimate of drug-likeness (QED) is 0.735. The highest BCUT2D eigenvalue weighted by Gasteiger charge is 2.15. The van der Waals surface area contributed by atoms with E-state index in [-0.39, 0.29) is 36.0 Å². The third-order valence-electron chi connectivity index (χ3n) is 3.31. The minimum atomic E-state index is -1.35. The number of aromatic nitrogens is 1. The molecule has 120 valence electrons. The fourth-order valence-electron chi connectivity index (χ4n) is 2.26. The number of carboxylic acid groups (broad SMARTS) is 2. The number of nitrogens with zero attached hydrogens (tertiary/aromatic N) is 1. The van der Waals surface area contributed by atoms with Gasteiger partial charge in [-0.25, -0.2) is 4.79 Å². The van der Waals surface area contributed by atoms with Crippen molar-refractivity contribution in [1.29, 1.82) is 0 Å². The molecule has 0 spiro atoms. The highest BCUT2D eigenvalue weighted by molar-refractivity contribution is 5.90. The Kier molecular flexibility index (Phi) is 4.44. The molecule has 0 atom stereocenters. The van der Waals surface area contributed by atoms with Crippen LogP contribution in [0.1, 0.15) is 23.3 Å². The maximum atomic E-state index is 12.0. The van der Waals surface area contributed by atoms with Crippen LogP contribution >= 0.6 is 0 Å². The van der Waals surface area contributed by atoms with Crippen LogP contribution in [0.25, 0.3) is 10.9 Å². The fourth-order valence-corrected chi connectivity index (χ4v) is 2.26. The molecule has 3 N–H and O–H groups in total. The van der Waals surface area contributed by atoms with Crippen LogP contribution in [0.15, 0.2) is 33.9 Å². The van der Waals surface area contributed by atoms with Gasteiger partial charge in [-0.2, -0.15) is 0 Å². The van der Waals surface area contributed by atoms with Crippen molar-refractivity contribution in [3.8, 4) is 5.75 Å². The van der Waals surface area contributed by atoms with Gasteiger partial charge in [0, 0.05) is 30.5 Å². The van der Waals surface area contributed by atoms with Crippen LogP contribution in [-0.2, 0) is 11.3 Å². The van der Waals surface area contributed by atoms with E-state index in [9.17, 15) is 29.4 Å². The van der Waals surface area contributed by atoms with E-state index in [0.29, 0.717) is 0 Å². The van der Waals surface area contributed by atoms with Crippen LogP contribution in [0.4, 0.5) is 0 Å². The summed E-state index contributed by atoms with van der Waals surface area (Å²) < 4.78 is 1.25. The predicted octanol–water partition coefficient (Wildman–Crippen LogP) is 0.630. The Morgan fingerprint density at radius 3 is 2.35 bits per heavy atom. The van der Waals surface area contributed by atoms with E-state index >= 15 is 0 Å². The van der Waals surface area contributed by atoms with Crippen molar-refractivity contribution in [1.82, 2.24) is 4.57 Å². The van der Waals surface area contributed by atoms with Crippen molar-refractivity contribution in [2.45, 2.75) is 19.4 Å². The number of aromatic hydroxyl groups is 1. The van der Waals surface area contributed by atoms with E-state index in [4.69, 9.17) is 5.11 Å². The number of fused-ring (bicyclic) bond motifs is 1. The van der Waals surface area contributed by atoms with Crippen molar-refractivity contribution in [2.24, 2.45) is 0 Å². The first-order valence-electron chi connectivity index (χ1n) is 6.67. The number of pyridine rings is 1. The van der Waals surface area contributed by atoms with Gasteiger partial charge in [-0.3, -0.25) is 14.4 Å². The second-order valence-corrected chi connectivity index (χ2v) is 4.87. The standard InChI is InChI=1S/C15H13NO7/c17-11-4-3-9-8(6-13(11)19)12(18)7-10(15(22)23)16(9)5-1-2-14(20)21/h3-4,6-7H,1-2,5H2,(H,17,19)(H,20,21)(H,22,23).